The van der Waals surface area contributed by atoms with Gasteiger partial charge in [-0.2, -0.15) is 26.3 Å². The third-order valence-corrected chi connectivity index (χ3v) is 4.14. The Labute approximate surface area is 154 Å². The number of hydrogen-bond acceptors (Lipinski definition) is 1. The highest BCUT2D eigenvalue weighted by atomic mass is 19.4. The molecular formula is C20H21F6N. The van der Waals surface area contributed by atoms with Gasteiger partial charge in [0.05, 0.1) is 11.1 Å². The summed E-state index contributed by atoms with van der Waals surface area (Å²) in [5.74, 6) is 0. The van der Waals surface area contributed by atoms with E-state index in [9.17, 15) is 26.3 Å². The maximum Gasteiger partial charge on any atom is 0.416 e. The van der Waals surface area contributed by atoms with Crippen molar-refractivity contribution in [3.63, 3.8) is 0 Å². The molecule has 1 N–H and O–H groups in total. The summed E-state index contributed by atoms with van der Waals surface area (Å²) in [6, 6.07) is 9.23. The zero-order valence-electron chi connectivity index (χ0n) is 15.2. The second kappa shape index (κ2) is 7.44. The van der Waals surface area contributed by atoms with E-state index in [1.807, 2.05) is 24.3 Å². The molecule has 0 aliphatic heterocycles. The Hall–Kier alpha value is -2.18. The molecule has 0 spiro atoms. The lowest BCUT2D eigenvalue weighted by molar-refractivity contribution is -0.143. The van der Waals surface area contributed by atoms with Gasteiger partial charge in [0.15, 0.2) is 0 Å². The van der Waals surface area contributed by atoms with Crippen LogP contribution in [0.5, 0.6) is 0 Å². The molecule has 0 radical (unpaired) electrons. The van der Waals surface area contributed by atoms with Gasteiger partial charge in [-0.05, 0) is 53.3 Å². The van der Waals surface area contributed by atoms with Crippen LogP contribution < -0.4 is 5.32 Å². The van der Waals surface area contributed by atoms with Crippen molar-refractivity contribution in [3.8, 4) is 0 Å². The smallest absolute Gasteiger partial charge is 0.385 e. The monoisotopic (exact) mass is 389 g/mol. The van der Waals surface area contributed by atoms with Gasteiger partial charge in [-0.1, -0.05) is 32.9 Å². The molecule has 0 aliphatic carbocycles. The third kappa shape index (κ3) is 5.91. The molecule has 0 aromatic heterocycles. The highest BCUT2D eigenvalue weighted by Crippen LogP contribution is 2.36. The molecule has 0 amide bonds. The van der Waals surface area contributed by atoms with Gasteiger partial charge in [-0.3, -0.25) is 0 Å². The van der Waals surface area contributed by atoms with Crippen molar-refractivity contribution in [2.45, 2.75) is 45.0 Å². The summed E-state index contributed by atoms with van der Waals surface area (Å²) in [6.45, 7) is 6.43. The fraction of sp³-hybridized carbons (Fsp3) is 0.400. The second-order valence-electron chi connectivity index (χ2n) is 7.42. The molecule has 0 unspecified atom stereocenters. The van der Waals surface area contributed by atoms with E-state index in [4.69, 9.17) is 0 Å². The van der Waals surface area contributed by atoms with Crippen molar-refractivity contribution in [2.24, 2.45) is 0 Å². The lowest BCUT2D eigenvalue weighted by atomic mass is 9.87. The van der Waals surface area contributed by atoms with Crippen molar-refractivity contribution >= 4 is 5.69 Å². The van der Waals surface area contributed by atoms with Crippen LogP contribution in [0.1, 0.15) is 43.0 Å². The normalized spacial score (nSPS) is 12.9. The maximum atomic E-state index is 12.9. The van der Waals surface area contributed by atoms with Crippen molar-refractivity contribution in [2.75, 3.05) is 11.9 Å². The average Bonchev–Trinajstić information content (AvgIpc) is 2.52. The Balaban J connectivity index is 2.11. The summed E-state index contributed by atoms with van der Waals surface area (Å²) in [7, 11) is 0. The fourth-order valence-electron chi connectivity index (χ4n) is 2.60. The lowest BCUT2D eigenvalue weighted by Crippen LogP contribution is -2.13. The molecule has 0 saturated heterocycles. The first-order chi connectivity index (χ1) is 12.3. The molecule has 2 aromatic rings. The lowest BCUT2D eigenvalue weighted by Gasteiger charge is -2.19. The fourth-order valence-corrected chi connectivity index (χ4v) is 2.60. The van der Waals surface area contributed by atoms with Crippen LogP contribution in [0, 0.1) is 0 Å². The molecule has 2 rings (SSSR count). The molecule has 2 aromatic carbocycles. The first kappa shape index (κ1) is 21.1. The van der Waals surface area contributed by atoms with Gasteiger partial charge in [0.2, 0.25) is 0 Å². The molecule has 0 aliphatic rings. The Morgan fingerprint density at radius 3 is 1.59 bits per heavy atom. The minimum atomic E-state index is -4.83. The summed E-state index contributed by atoms with van der Waals surface area (Å²) in [5, 5.41) is 3.03. The Morgan fingerprint density at radius 2 is 1.19 bits per heavy atom. The van der Waals surface area contributed by atoms with Crippen molar-refractivity contribution in [1.82, 2.24) is 0 Å². The average molecular weight is 389 g/mol. The Morgan fingerprint density at radius 1 is 0.704 bits per heavy atom. The summed E-state index contributed by atoms with van der Waals surface area (Å²) in [6.07, 6.45) is -9.62. The molecule has 0 atom stereocenters. The number of anilines is 1. The molecule has 0 fully saturated rings. The number of hydrogen-bond donors (Lipinski definition) is 1. The number of nitrogens with one attached hydrogen (secondary N) is 1. The van der Waals surface area contributed by atoms with E-state index in [0.717, 1.165) is 23.4 Å². The molecular weight excluding hydrogens is 368 g/mol. The zero-order chi connectivity index (χ0) is 20.5. The van der Waals surface area contributed by atoms with Gasteiger partial charge in [0.1, 0.15) is 0 Å². The van der Waals surface area contributed by atoms with Crippen molar-refractivity contribution in [1.29, 1.82) is 0 Å². The number of alkyl halides is 6. The van der Waals surface area contributed by atoms with Gasteiger partial charge in [0.25, 0.3) is 0 Å². The van der Waals surface area contributed by atoms with E-state index in [1.165, 1.54) is 0 Å². The van der Waals surface area contributed by atoms with Crippen LogP contribution in [0.4, 0.5) is 32.0 Å². The van der Waals surface area contributed by atoms with Gasteiger partial charge < -0.3 is 5.32 Å². The van der Waals surface area contributed by atoms with E-state index >= 15 is 0 Å². The standard InChI is InChI=1S/C20H21F6N/c1-18(2,3)14-4-6-17(7-5-14)27-9-8-13-10-15(19(21,22)23)12-16(11-13)20(24,25)26/h4-7,10-12,27H,8-9H2,1-3H3. The molecule has 0 saturated carbocycles. The van der Waals surface area contributed by atoms with Crippen molar-refractivity contribution in [3.05, 3.63) is 64.7 Å². The summed E-state index contributed by atoms with van der Waals surface area (Å²) in [5.41, 5.74) is -0.726. The largest absolute Gasteiger partial charge is 0.416 e. The minimum Gasteiger partial charge on any atom is -0.385 e. The van der Waals surface area contributed by atoms with Crippen LogP contribution in [-0.2, 0) is 24.2 Å². The molecule has 1 nitrogen and oxygen atoms in total. The highest BCUT2D eigenvalue weighted by molar-refractivity contribution is 5.46. The Bertz CT molecular complexity index is 735. The zero-order valence-corrected chi connectivity index (χ0v) is 15.2. The third-order valence-electron chi connectivity index (χ3n) is 4.14. The molecule has 27 heavy (non-hydrogen) atoms. The van der Waals surface area contributed by atoms with Crippen LogP contribution in [0.25, 0.3) is 0 Å². The quantitative estimate of drug-likeness (QED) is 0.576. The van der Waals surface area contributed by atoms with E-state index in [-0.39, 0.29) is 30.0 Å². The number of benzene rings is 2. The first-order valence-electron chi connectivity index (χ1n) is 8.39. The maximum absolute atomic E-state index is 12.9. The van der Waals surface area contributed by atoms with Gasteiger partial charge >= 0.3 is 12.4 Å². The van der Waals surface area contributed by atoms with Gasteiger partial charge in [0, 0.05) is 12.2 Å². The van der Waals surface area contributed by atoms with E-state index in [1.54, 1.807) is 0 Å². The summed E-state index contributed by atoms with van der Waals surface area (Å²) < 4.78 is 77.2. The topological polar surface area (TPSA) is 12.0 Å². The summed E-state index contributed by atoms with van der Waals surface area (Å²) >= 11 is 0. The van der Waals surface area contributed by atoms with Crippen LogP contribution >= 0.6 is 0 Å². The molecule has 7 heteroatoms. The highest BCUT2D eigenvalue weighted by Gasteiger charge is 2.36. The van der Waals surface area contributed by atoms with Gasteiger partial charge in [-0.25, -0.2) is 0 Å². The van der Waals surface area contributed by atoms with Crippen molar-refractivity contribution < 1.29 is 26.3 Å². The predicted molar refractivity (Wildman–Crippen MR) is 93.8 cm³/mol. The van der Waals surface area contributed by atoms with Crippen LogP contribution in [0.2, 0.25) is 0 Å². The molecule has 148 valence electrons. The Kier molecular flexibility index (Phi) is 5.82. The van der Waals surface area contributed by atoms with Crippen LogP contribution in [0.3, 0.4) is 0 Å². The number of rotatable bonds is 4. The molecule has 0 heterocycles. The van der Waals surface area contributed by atoms with Gasteiger partial charge in [-0.15, -0.1) is 0 Å². The molecule has 0 bridgehead atoms. The minimum absolute atomic E-state index is 0.00936. The summed E-state index contributed by atoms with van der Waals surface area (Å²) in [4.78, 5) is 0. The van der Waals surface area contributed by atoms with Crippen LogP contribution in [-0.4, -0.2) is 6.54 Å². The van der Waals surface area contributed by atoms with E-state index in [0.29, 0.717) is 0 Å². The van der Waals surface area contributed by atoms with E-state index in [2.05, 4.69) is 26.1 Å². The van der Waals surface area contributed by atoms with Crippen LogP contribution in [0.15, 0.2) is 42.5 Å². The number of halogens is 6. The first-order valence-corrected chi connectivity index (χ1v) is 8.39. The second-order valence-corrected chi connectivity index (χ2v) is 7.42. The SMILES string of the molecule is CC(C)(C)c1ccc(NCCc2cc(C(F)(F)F)cc(C(F)(F)F)c2)cc1. The predicted octanol–water partition coefficient (Wildman–Crippen LogP) is 6.68. The van der Waals surface area contributed by atoms with E-state index < -0.39 is 23.5 Å².